The highest BCUT2D eigenvalue weighted by molar-refractivity contribution is 7.98. The Morgan fingerprint density at radius 1 is 1.46 bits per heavy atom. The van der Waals surface area contributed by atoms with Crippen molar-refractivity contribution in [1.82, 2.24) is 4.90 Å². The van der Waals surface area contributed by atoms with E-state index >= 15 is 0 Å². The van der Waals surface area contributed by atoms with E-state index < -0.39 is 30.2 Å². The van der Waals surface area contributed by atoms with Gasteiger partial charge in [0.2, 0.25) is 0 Å². The molecule has 0 aromatic rings. The lowest BCUT2D eigenvalue weighted by molar-refractivity contribution is -0.0521. The van der Waals surface area contributed by atoms with Gasteiger partial charge in [0.15, 0.2) is 17.7 Å². The van der Waals surface area contributed by atoms with Gasteiger partial charge in [-0.25, -0.2) is 9.98 Å². The number of nitrogens with zero attached hydrogens (tertiary/aromatic N) is 4. The van der Waals surface area contributed by atoms with Crippen molar-refractivity contribution in [3.05, 3.63) is 0 Å². The molecule has 0 bridgehead atoms. The molecule has 3 aliphatic heterocycles. The Kier molecular flexibility index (Phi) is 5.23. The number of fused-ring (bicyclic) bond motifs is 1. The van der Waals surface area contributed by atoms with Crippen LogP contribution in [0.15, 0.2) is 15.0 Å². The van der Waals surface area contributed by atoms with Crippen molar-refractivity contribution in [1.29, 1.82) is 0 Å². The molecule has 0 amide bonds. The van der Waals surface area contributed by atoms with Crippen LogP contribution in [-0.2, 0) is 4.74 Å². The number of hydrogen-bond acceptors (Lipinski definition) is 10. The third-order valence-electron chi connectivity index (χ3n) is 4.48. The third kappa shape index (κ3) is 2.98. The fraction of sp³-hybridized carbons (Fsp3) is 0.786. The summed E-state index contributed by atoms with van der Waals surface area (Å²) in [5.74, 6) is 1.15. The fourth-order valence-electron chi connectivity index (χ4n) is 3.18. The summed E-state index contributed by atoms with van der Waals surface area (Å²) in [6.07, 6.45) is 1.52. The lowest BCUT2D eigenvalue weighted by Gasteiger charge is -2.32. The first-order valence-corrected chi connectivity index (χ1v) is 9.34. The van der Waals surface area contributed by atoms with E-state index in [2.05, 4.69) is 15.0 Å². The molecule has 5 atom stereocenters. The number of amidine groups is 1. The van der Waals surface area contributed by atoms with Gasteiger partial charge in [0.1, 0.15) is 30.9 Å². The van der Waals surface area contributed by atoms with Gasteiger partial charge in [-0.05, 0) is 25.6 Å². The summed E-state index contributed by atoms with van der Waals surface area (Å²) in [4.78, 5) is 14.8. The monoisotopic (exact) mass is 356 g/mol. The molecule has 0 radical (unpaired) electrons. The topological polar surface area (TPSA) is 142 Å². The highest BCUT2D eigenvalue weighted by Gasteiger charge is 2.50. The van der Waals surface area contributed by atoms with Crippen molar-refractivity contribution in [2.45, 2.75) is 43.0 Å². The molecule has 0 aromatic heterocycles. The molecule has 3 heterocycles. The molecule has 9 nitrogen and oxygen atoms in total. The number of aliphatic hydroxyl groups excluding tert-OH is 2. The molecule has 3 aliphatic rings. The Labute approximate surface area is 144 Å². The maximum Gasteiger partial charge on any atom is 0.162 e. The van der Waals surface area contributed by atoms with E-state index in [1.807, 2.05) is 6.26 Å². The van der Waals surface area contributed by atoms with Crippen molar-refractivity contribution >= 4 is 29.6 Å². The van der Waals surface area contributed by atoms with E-state index in [0.29, 0.717) is 30.3 Å². The van der Waals surface area contributed by atoms with Crippen molar-refractivity contribution in [3.63, 3.8) is 0 Å². The van der Waals surface area contributed by atoms with Crippen molar-refractivity contribution in [2.24, 2.45) is 26.4 Å². The molecule has 0 saturated carbocycles. The number of aliphatic hydroxyl groups is 2. The lowest BCUT2D eigenvalue weighted by Crippen LogP contribution is -2.55. The Morgan fingerprint density at radius 2 is 2.25 bits per heavy atom. The van der Waals surface area contributed by atoms with E-state index in [-0.39, 0.29) is 6.67 Å². The highest BCUT2D eigenvalue weighted by Crippen LogP contribution is 2.30. The van der Waals surface area contributed by atoms with Crippen LogP contribution in [0.1, 0.15) is 12.8 Å². The zero-order valence-corrected chi connectivity index (χ0v) is 14.4. The summed E-state index contributed by atoms with van der Waals surface area (Å²) in [6, 6.07) is 0. The van der Waals surface area contributed by atoms with Crippen LogP contribution in [0.2, 0.25) is 0 Å². The van der Waals surface area contributed by atoms with Crippen LogP contribution in [0.3, 0.4) is 0 Å². The van der Waals surface area contributed by atoms with Gasteiger partial charge in [-0.15, -0.1) is 0 Å². The number of aliphatic imine (C=N–C) groups is 3. The molecule has 6 N–H and O–H groups in total. The molecule has 0 aromatic carbocycles. The van der Waals surface area contributed by atoms with Crippen LogP contribution in [0, 0.1) is 0 Å². The molecule has 134 valence electrons. The minimum Gasteiger partial charge on any atom is -0.387 e. The number of thioether (sulfide) groups is 1. The van der Waals surface area contributed by atoms with Gasteiger partial charge in [0.25, 0.3) is 0 Å². The minimum atomic E-state index is -1.03. The number of nitrogens with two attached hydrogens (primary N) is 2. The summed E-state index contributed by atoms with van der Waals surface area (Å²) in [6.45, 7) is 0.782. The smallest absolute Gasteiger partial charge is 0.162 e. The maximum atomic E-state index is 10.4. The molecule has 1 saturated heterocycles. The lowest BCUT2D eigenvalue weighted by atomic mass is 9.97. The highest BCUT2D eigenvalue weighted by atomic mass is 32.2. The molecule has 0 spiro atoms. The van der Waals surface area contributed by atoms with Crippen LogP contribution in [0.25, 0.3) is 0 Å². The average Bonchev–Trinajstić information content (AvgIpc) is 3.11. The third-order valence-corrected chi connectivity index (χ3v) is 5.14. The normalized spacial score (nSPS) is 38.3. The van der Waals surface area contributed by atoms with E-state index in [1.54, 1.807) is 16.7 Å². The molecule has 1 unspecified atom stereocenters. The minimum absolute atomic E-state index is 0.263. The van der Waals surface area contributed by atoms with Gasteiger partial charge in [-0.3, -0.25) is 4.99 Å². The number of hydrogen-bond donors (Lipinski definition) is 4. The first kappa shape index (κ1) is 17.8. The van der Waals surface area contributed by atoms with Crippen LogP contribution in [0.5, 0.6) is 0 Å². The molecule has 3 rings (SSSR count). The van der Waals surface area contributed by atoms with Gasteiger partial charge in [-0.2, -0.15) is 11.8 Å². The predicted octanol–water partition coefficient (Wildman–Crippen LogP) is -1.66. The van der Waals surface area contributed by atoms with Crippen molar-refractivity contribution in [2.75, 3.05) is 25.2 Å². The van der Waals surface area contributed by atoms with Gasteiger partial charge < -0.3 is 31.3 Å². The predicted molar refractivity (Wildman–Crippen MR) is 94.3 cm³/mol. The molecule has 24 heavy (non-hydrogen) atoms. The zero-order chi connectivity index (χ0) is 17.3. The second-order valence-electron chi connectivity index (χ2n) is 6.13. The van der Waals surface area contributed by atoms with E-state index in [1.165, 1.54) is 6.34 Å². The summed E-state index contributed by atoms with van der Waals surface area (Å²) in [5.41, 5.74) is 11.6. The molecule has 0 aliphatic carbocycles. The zero-order valence-electron chi connectivity index (χ0n) is 13.6. The standard InChI is InChI=1S/C14H24N6O3S/c1-24-5-8-9(21)10(22)13(23-8)20-7-18-11-12(20)17-6-19-14(11,16)3-2-4-15/h6,8-10,13,21-22H,2-5,7,15-16H2,1H3/t8-,9-,10-,13-,14?/m1/s1. The van der Waals surface area contributed by atoms with Gasteiger partial charge in [-0.1, -0.05) is 0 Å². The molecule has 10 heteroatoms. The molecular formula is C14H24N6O3S. The summed E-state index contributed by atoms with van der Waals surface area (Å²) < 4.78 is 5.85. The first-order valence-electron chi connectivity index (χ1n) is 7.94. The maximum absolute atomic E-state index is 10.4. The van der Waals surface area contributed by atoms with E-state index in [4.69, 9.17) is 16.2 Å². The van der Waals surface area contributed by atoms with Crippen molar-refractivity contribution < 1.29 is 14.9 Å². The molecule has 1 fully saturated rings. The summed E-state index contributed by atoms with van der Waals surface area (Å²) in [7, 11) is 0. The Hall–Kier alpha value is -1.04. The Balaban J connectivity index is 1.77. The van der Waals surface area contributed by atoms with Crippen LogP contribution < -0.4 is 11.5 Å². The van der Waals surface area contributed by atoms with Crippen molar-refractivity contribution in [3.8, 4) is 0 Å². The second-order valence-corrected chi connectivity index (χ2v) is 7.04. The fourth-order valence-corrected chi connectivity index (χ4v) is 3.78. The SMILES string of the molecule is CSC[C@H]1O[C@@H](N2CN=C3C2=NC=NC3(N)CCCN)[C@H](O)[C@@H]1O. The van der Waals surface area contributed by atoms with E-state index in [9.17, 15) is 10.2 Å². The average molecular weight is 356 g/mol. The van der Waals surface area contributed by atoms with Gasteiger partial charge in [0.05, 0.1) is 6.10 Å². The molecular weight excluding hydrogens is 332 g/mol. The van der Waals surface area contributed by atoms with Crippen LogP contribution in [0.4, 0.5) is 0 Å². The second kappa shape index (κ2) is 7.06. The van der Waals surface area contributed by atoms with Gasteiger partial charge in [0, 0.05) is 5.75 Å². The van der Waals surface area contributed by atoms with Gasteiger partial charge >= 0.3 is 0 Å². The van der Waals surface area contributed by atoms with E-state index in [0.717, 1.165) is 6.42 Å². The Bertz CT molecular complexity index is 571. The summed E-state index contributed by atoms with van der Waals surface area (Å²) in [5, 5.41) is 20.5. The summed E-state index contributed by atoms with van der Waals surface area (Å²) >= 11 is 1.55. The van der Waals surface area contributed by atoms with Crippen LogP contribution >= 0.6 is 11.8 Å². The quantitative estimate of drug-likeness (QED) is 0.446. The largest absolute Gasteiger partial charge is 0.387 e. The van der Waals surface area contributed by atoms with Crippen LogP contribution in [-0.4, -0.2) is 88.4 Å². The number of rotatable bonds is 6. The number of ether oxygens (including phenoxy) is 1. The first-order chi connectivity index (χ1) is 11.5. The Morgan fingerprint density at radius 3 is 2.96 bits per heavy atom.